The lowest BCUT2D eigenvalue weighted by atomic mass is 10.1. The molecule has 118 valence electrons. The number of thioether (sulfide) groups is 1. The molecule has 1 N–H and O–H groups in total. The predicted octanol–water partition coefficient (Wildman–Crippen LogP) is 3.33. The van der Waals surface area contributed by atoms with Crippen molar-refractivity contribution in [2.45, 2.75) is 26.2 Å². The van der Waals surface area contributed by atoms with Gasteiger partial charge in [-0.3, -0.25) is 9.59 Å². The van der Waals surface area contributed by atoms with E-state index >= 15 is 0 Å². The second kappa shape index (κ2) is 8.29. The number of anilines is 1. The molecular weight excluding hydrogens is 316 g/mol. The molecule has 1 amide bonds. The van der Waals surface area contributed by atoms with Crippen molar-refractivity contribution < 1.29 is 9.59 Å². The van der Waals surface area contributed by atoms with E-state index in [4.69, 9.17) is 12.2 Å². The molecule has 6 heteroatoms. The minimum absolute atomic E-state index is 0.0365. The summed E-state index contributed by atoms with van der Waals surface area (Å²) in [6.07, 6.45) is 2.80. The molecule has 0 radical (unpaired) electrons. The quantitative estimate of drug-likeness (QED) is 0.660. The van der Waals surface area contributed by atoms with Crippen molar-refractivity contribution in [2.24, 2.45) is 0 Å². The summed E-state index contributed by atoms with van der Waals surface area (Å²) in [6, 6.07) is 6.99. The fraction of sp³-hybridized carbons (Fsp3) is 0.438. The van der Waals surface area contributed by atoms with Gasteiger partial charge in [0.05, 0.1) is 5.75 Å². The van der Waals surface area contributed by atoms with Crippen LogP contribution in [0.1, 0.15) is 36.5 Å². The number of amides is 1. The van der Waals surface area contributed by atoms with Crippen LogP contribution < -0.4 is 5.32 Å². The highest BCUT2D eigenvalue weighted by atomic mass is 32.2. The van der Waals surface area contributed by atoms with Crippen LogP contribution in [-0.4, -0.2) is 39.8 Å². The van der Waals surface area contributed by atoms with Gasteiger partial charge in [0.2, 0.25) is 5.91 Å². The Morgan fingerprint density at radius 1 is 1.23 bits per heavy atom. The Kier molecular flexibility index (Phi) is 6.39. The Bertz CT molecular complexity index is 552. The van der Waals surface area contributed by atoms with Crippen LogP contribution >= 0.6 is 24.0 Å². The molecule has 0 unspecified atom stereocenters. The van der Waals surface area contributed by atoms with Crippen LogP contribution in [0.4, 0.5) is 5.69 Å². The number of rotatable bonds is 5. The van der Waals surface area contributed by atoms with Gasteiger partial charge in [0, 0.05) is 30.8 Å². The number of carbonyl (C=O) groups is 2. The first kappa shape index (κ1) is 17.0. The summed E-state index contributed by atoms with van der Waals surface area (Å²) in [5.41, 5.74) is 1.36. The molecule has 0 bridgehead atoms. The van der Waals surface area contributed by atoms with Gasteiger partial charge < -0.3 is 10.2 Å². The fourth-order valence-corrected chi connectivity index (χ4v) is 3.34. The number of Topliss-reactive ketones (excluding diaryl/α,β-unsaturated/α-hetero) is 1. The van der Waals surface area contributed by atoms with Crippen LogP contribution in [0, 0.1) is 0 Å². The summed E-state index contributed by atoms with van der Waals surface area (Å²) in [4.78, 5) is 25.6. The van der Waals surface area contributed by atoms with Crippen molar-refractivity contribution in [3.63, 3.8) is 0 Å². The highest BCUT2D eigenvalue weighted by Crippen LogP contribution is 2.18. The van der Waals surface area contributed by atoms with Gasteiger partial charge in [-0.25, -0.2) is 0 Å². The van der Waals surface area contributed by atoms with Crippen LogP contribution in [0.15, 0.2) is 24.3 Å². The van der Waals surface area contributed by atoms with Crippen LogP contribution in [0.2, 0.25) is 0 Å². The summed E-state index contributed by atoms with van der Waals surface area (Å²) in [5, 5.41) is 2.76. The Morgan fingerprint density at radius 3 is 2.45 bits per heavy atom. The molecule has 22 heavy (non-hydrogen) atoms. The van der Waals surface area contributed by atoms with Crippen molar-refractivity contribution in [3.8, 4) is 0 Å². The third-order valence-corrected chi connectivity index (χ3v) is 5.03. The van der Waals surface area contributed by atoms with Crippen molar-refractivity contribution in [1.29, 1.82) is 0 Å². The average Bonchev–Trinajstić information content (AvgIpc) is 3.07. The zero-order valence-electron chi connectivity index (χ0n) is 12.6. The lowest BCUT2D eigenvalue weighted by Crippen LogP contribution is -2.24. The smallest absolute Gasteiger partial charge is 0.224 e. The molecule has 0 saturated carbocycles. The minimum atomic E-state index is -0.0365. The molecule has 1 saturated heterocycles. The van der Waals surface area contributed by atoms with Crippen LogP contribution in [0.25, 0.3) is 0 Å². The second-order valence-electron chi connectivity index (χ2n) is 5.15. The monoisotopic (exact) mass is 336 g/mol. The number of likely N-dealkylation sites (tertiary alicyclic amines) is 1. The summed E-state index contributed by atoms with van der Waals surface area (Å²) >= 11 is 6.79. The maximum Gasteiger partial charge on any atom is 0.224 e. The van der Waals surface area contributed by atoms with Crippen LogP contribution in [0.5, 0.6) is 0 Å². The first-order valence-corrected chi connectivity index (χ1v) is 8.84. The maximum absolute atomic E-state index is 12.2. The summed E-state index contributed by atoms with van der Waals surface area (Å²) < 4.78 is 0.817. The van der Waals surface area contributed by atoms with Gasteiger partial charge >= 0.3 is 0 Å². The molecular formula is C16H20N2O2S2. The highest BCUT2D eigenvalue weighted by Gasteiger charge is 2.16. The van der Waals surface area contributed by atoms with E-state index in [-0.39, 0.29) is 11.7 Å². The Labute approximate surface area is 140 Å². The molecule has 4 nitrogen and oxygen atoms in total. The van der Waals surface area contributed by atoms with E-state index in [1.165, 1.54) is 24.6 Å². The number of ketones is 1. The van der Waals surface area contributed by atoms with Gasteiger partial charge in [0.15, 0.2) is 5.78 Å². The van der Waals surface area contributed by atoms with Gasteiger partial charge in [-0.15, -0.1) is 0 Å². The fourth-order valence-electron chi connectivity index (χ4n) is 2.19. The number of nitrogens with one attached hydrogen (secondary N) is 1. The van der Waals surface area contributed by atoms with Gasteiger partial charge in [-0.05, 0) is 37.1 Å². The van der Waals surface area contributed by atoms with Crippen molar-refractivity contribution >= 4 is 45.7 Å². The molecule has 0 spiro atoms. The predicted molar refractivity (Wildman–Crippen MR) is 95.6 cm³/mol. The van der Waals surface area contributed by atoms with Gasteiger partial charge in [0.25, 0.3) is 0 Å². The molecule has 2 rings (SSSR count). The van der Waals surface area contributed by atoms with E-state index in [1.54, 1.807) is 31.2 Å². The molecule has 0 atom stereocenters. The maximum atomic E-state index is 12.2. The van der Waals surface area contributed by atoms with E-state index in [9.17, 15) is 9.59 Å². The number of thiocarbonyl (C=S) groups is 1. The van der Waals surface area contributed by atoms with E-state index in [0.717, 1.165) is 17.4 Å². The average molecular weight is 336 g/mol. The van der Waals surface area contributed by atoms with Gasteiger partial charge in [-0.1, -0.05) is 30.9 Å². The number of benzene rings is 1. The normalized spacial score (nSPS) is 14.0. The largest absolute Gasteiger partial charge is 0.358 e. The van der Waals surface area contributed by atoms with Crippen molar-refractivity contribution in [1.82, 2.24) is 4.90 Å². The number of hydrogen-bond donors (Lipinski definition) is 1. The summed E-state index contributed by atoms with van der Waals surface area (Å²) in [5.74, 6) is 0.376. The van der Waals surface area contributed by atoms with Gasteiger partial charge in [0.1, 0.15) is 4.32 Å². The standard InChI is InChI=1S/C16H20N2O2S2/c1-2-15(20)17-13-7-5-12(6-8-13)14(19)11-22-16(21)18-9-3-4-10-18/h5-8H,2-4,9-11H2,1H3,(H,17,20). The third kappa shape index (κ3) is 4.81. The summed E-state index contributed by atoms with van der Waals surface area (Å²) in [7, 11) is 0. The topological polar surface area (TPSA) is 49.4 Å². The van der Waals surface area contributed by atoms with Gasteiger partial charge in [-0.2, -0.15) is 0 Å². The number of hydrogen-bond acceptors (Lipinski definition) is 4. The third-order valence-electron chi connectivity index (χ3n) is 3.50. The molecule has 1 aliphatic heterocycles. The van der Waals surface area contributed by atoms with E-state index in [1.807, 2.05) is 0 Å². The Balaban J connectivity index is 1.84. The SMILES string of the molecule is CCC(=O)Nc1ccc(C(=O)CSC(=S)N2CCCC2)cc1. The number of carbonyl (C=O) groups excluding carboxylic acids is 2. The Morgan fingerprint density at radius 2 is 1.86 bits per heavy atom. The highest BCUT2D eigenvalue weighted by molar-refractivity contribution is 8.23. The van der Waals surface area contributed by atoms with E-state index in [2.05, 4.69) is 10.2 Å². The van der Waals surface area contributed by atoms with E-state index in [0.29, 0.717) is 23.4 Å². The summed E-state index contributed by atoms with van der Waals surface area (Å²) in [6.45, 7) is 3.81. The first-order valence-electron chi connectivity index (χ1n) is 7.45. The molecule has 1 fully saturated rings. The molecule has 0 aliphatic carbocycles. The molecule has 0 aromatic heterocycles. The first-order chi connectivity index (χ1) is 10.6. The minimum Gasteiger partial charge on any atom is -0.358 e. The van der Waals surface area contributed by atoms with E-state index < -0.39 is 0 Å². The van der Waals surface area contributed by atoms with Crippen molar-refractivity contribution in [3.05, 3.63) is 29.8 Å². The molecule has 1 aromatic carbocycles. The molecule has 1 aromatic rings. The van der Waals surface area contributed by atoms with Crippen molar-refractivity contribution in [2.75, 3.05) is 24.2 Å². The lowest BCUT2D eigenvalue weighted by molar-refractivity contribution is -0.115. The lowest BCUT2D eigenvalue weighted by Gasteiger charge is -2.17. The van der Waals surface area contributed by atoms with Crippen LogP contribution in [-0.2, 0) is 4.79 Å². The molecule has 1 heterocycles. The zero-order chi connectivity index (χ0) is 15.9. The van der Waals surface area contributed by atoms with Crippen LogP contribution in [0.3, 0.4) is 0 Å². The molecule has 1 aliphatic rings. The zero-order valence-corrected chi connectivity index (χ0v) is 14.3. The number of nitrogens with zero attached hydrogens (tertiary/aromatic N) is 1. The second-order valence-corrected chi connectivity index (χ2v) is 6.76. The Hall–Kier alpha value is -1.40.